The number of piperazine rings is 1. The molecule has 1 saturated heterocycles. The lowest BCUT2D eigenvalue weighted by Gasteiger charge is -2.35. The van der Waals surface area contributed by atoms with Gasteiger partial charge in [-0.2, -0.15) is 0 Å². The normalized spacial score (nSPS) is 16.9. The summed E-state index contributed by atoms with van der Waals surface area (Å²) in [5.74, 6) is 0.274. The Morgan fingerprint density at radius 3 is 2.32 bits per heavy atom. The molecule has 0 unspecified atom stereocenters. The molecule has 0 radical (unpaired) electrons. The molecule has 0 saturated carbocycles. The van der Waals surface area contributed by atoms with Gasteiger partial charge in [0, 0.05) is 44.1 Å². The lowest BCUT2D eigenvalue weighted by molar-refractivity contribution is -0.132. The molecule has 2 aromatic carbocycles. The van der Waals surface area contributed by atoms with Crippen LogP contribution in [0.4, 0.5) is 11.4 Å². The van der Waals surface area contributed by atoms with Crippen LogP contribution in [-0.4, -0.2) is 60.9 Å². The number of benzene rings is 2. The number of nitrogens with two attached hydrogens (primary N) is 1. The fourth-order valence-electron chi connectivity index (χ4n) is 3.95. The van der Waals surface area contributed by atoms with E-state index in [9.17, 15) is 9.59 Å². The molecule has 0 aromatic heterocycles. The van der Waals surface area contributed by atoms with Crippen molar-refractivity contribution in [3.05, 3.63) is 59.7 Å². The maximum Gasteiger partial charge on any atom is 0.241 e. The number of hydrogen-bond acceptors (Lipinski definition) is 4. The molecule has 6 heteroatoms. The summed E-state index contributed by atoms with van der Waals surface area (Å²) in [7, 11) is 0. The molecule has 1 fully saturated rings. The molecule has 2 aliphatic heterocycles. The minimum absolute atomic E-state index is 0.129. The van der Waals surface area contributed by atoms with Gasteiger partial charge in [0.15, 0.2) is 0 Å². The van der Waals surface area contributed by atoms with Gasteiger partial charge in [-0.3, -0.25) is 14.5 Å². The van der Waals surface area contributed by atoms with Gasteiger partial charge in [0.2, 0.25) is 11.8 Å². The molecule has 0 atom stereocenters. The van der Waals surface area contributed by atoms with Crippen molar-refractivity contribution in [2.24, 2.45) is 0 Å². The maximum absolute atomic E-state index is 12.8. The predicted octanol–water partition coefficient (Wildman–Crippen LogP) is 1.54. The van der Waals surface area contributed by atoms with Crippen molar-refractivity contribution < 1.29 is 9.59 Å². The van der Waals surface area contributed by atoms with E-state index in [2.05, 4.69) is 11.0 Å². The average Bonchev–Trinajstić information content (AvgIpc) is 3.14. The summed E-state index contributed by atoms with van der Waals surface area (Å²) in [6.45, 7) is 3.96. The Labute approximate surface area is 165 Å². The van der Waals surface area contributed by atoms with Crippen molar-refractivity contribution in [2.45, 2.75) is 12.8 Å². The van der Waals surface area contributed by atoms with Gasteiger partial charge in [0.1, 0.15) is 0 Å². The van der Waals surface area contributed by atoms with Crippen molar-refractivity contribution in [1.82, 2.24) is 9.80 Å². The number of nitrogen functional groups attached to an aromatic ring is 1. The number of rotatable bonds is 4. The largest absolute Gasteiger partial charge is 0.399 e. The highest BCUT2D eigenvalue weighted by Gasteiger charge is 2.27. The van der Waals surface area contributed by atoms with Crippen LogP contribution in [0.1, 0.15) is 11.1 Å². The minimum atomic E-state index is 0.129. The van der Waals surface area contributed by atoms with Gasteiger partial charge in [-0.15, -0.1) is 0 Å². The smallest absolute Gasteiger partial charge is 0.241 e. The molecule has 0 spiro atoms. The third-order valence-corrected chi connectivity index (χ3v) is 5.61. The zero-order valence-electron chi connectivity index (χ0n) is 16.0. The molecule has 6 nitrogen and oxygen atoms in total. The van der Waals surface area contributed by atoms with Crippen LogP contribution in [0.3, 0.4) is 0 Å². The number of nitrogens with zero attached hydrogens (tertiary/aromatic N) is 3. The summed E-state index contributed by atoms with van der Waals surface area (Å²) in [6.07, 6.45) is 1.32. The van der Waals surface area contributed by atoms with Crippen molar-refractivity contribution in [2.75, 3.05) is 49.9 Å². The number of fused-ring (bicyclic) bond motifs is 1. The topological polar surface area (TPSA) is 69.9 Å². The number of para-hydroxylation sites is 1. The highest BCUT2D eigenvalue weighted by molar-refractivity contribution is 5.96. The van der Waals surface area contributed by atoms with Gasteiger partial charge >= 0.3 is 0 Å². The second kappa shape index (κ2) is 8.02. The Morgan fingerprint density at radius 1 is 0.857 bits per heavy atom. The van der Waals surface area contributed by atoms with Crippen LogP contribution in [-0.2, 0) is 22.4 Å². The van der Waals surface area contributed by atoms with E-state index >= 15 is 0 Å². The summed E-state index contributed by atoms with van der Waals surface area (Å²) >= 11 is 0. The summed E-state index contributed by atoms with van der Waals surface area (Å²) in [5, 5.41) is 0. The lowest BCUT2D eigenvalue weighted by Crippen LogP contribution is -2.51. The van der Waals surface area contributed by atoms with Crippen LogP contribution in [0.15, 0.2) is 48.5 Å². The molecule has 2 aliphatic rings. The first kappa shape index (κ1) is 18.5. The van der Waals surface area contributed by atoms with Crippen LogP contribution in [0.2, 0.25) is 0 Å². The van der Waals surface area contributed by atoms with Gasteiger partial charge in [0.25, 0.3) is 0 Å². The van der Waals surface area contributed by atoms with E-state index in [0.717, 1.165) is 37.3 Å². The first-order chi connectivity index (χ1) is 13.6. The zero-order valence-corrected chi connectivity index (χ0v) is 16.0. The third kappa shape index (κ3) is 4.02. The Bertz CT molecular complexity index is 857. The van der Waals surface area contributed by atoms with Crippen LogP contribution < -0.4 is 10.6 Å². The number of carbonyl (C=O) groups excluding carboxylic acids is 2. The maximum atomic E-state index is 12.8. The second-order valence-corrected chi connectivity index (χ2v) is 7.50. The van der Waals surface area contributed by atoms with Crippen LogP contribution in [0.25, 0.3) is 0 Å². The molecule has 2 N–H and O–H groups in total. The molecular formula is C22H26N4O2. The molecule has 2 amide bonds. The number of hydrogen-bond donors (Lipinski definition) is 1. The summed E-state index contributed by atoms with van der Waals surface area (Å²) in [6, 6.07) is 15.6. The van der Waals surface area contributed by atoms with Crippen molar-refractivity contribution in [1.29, 1.82) is 0 Å². The molecule has 2 aromatic rings. The number of amides is 2. The Balaban J connectivity index is 1.27. The highest BCUT2D eigenvalue weighted by Crippen LogP contribution is 2.27. The Kier molecular flexibility index (Phi) is 5.30. The first-order valence-corrected chi connectivity index (χ1v) is 9.83. The van der Waals surface area contributed by atoms with E-state index in [0.29, 0.717) is 31.7 Å². The van der Waals surface area contributed by atoms with Crippen molar-refractivity contribution in [3.8, 4) is 0 Å². The Hall–Kier alpha value is -2.86. The van der Waals surface area contributed by atoms with E-state index in [-0.39, 0.29) is 11.8 Å². The summed E-state index contributed by atoms with van der Waals surface area (Å²) in [5.41, 5.74) is 9.67. The number of anilines is 2. The molecule has 146 valence electrons. The highest BCUT2D eigenvalue weighted by atomic mass is 16.2. The second-order valence-electron chi connectivity index (χ2n) is 7.50. The van der Waals surface area contributed by atoms with E-state index in [1.807, 2.05) is 52.3 Å². The lowest BCUT2D eigenvalue weighted by atomic mass is 10.1. The van der Waals surface area contributed by atoms with Crippen molar-refractivity contribution >= 4 is 23.2 Å². The summed E-state index contributed by atoms with van der Waals surface area (Å²) < 4.78 is 0. The minimum Gasteiger partial charge on any atom is -0.399 e. The van der Waals surface area contributed by atoms with Gasteiger partial charge < -0.3 is 15.5 Å². The molecule has 28 heavy (non-hydrogen) atoms. The van der Waals surface area contributed by atoms with Crippen molar-refractivity contribution in [3.63, 3.8) is 0 Å². The molecule has 0 bridgehead atoms. The fraction of sp³-hybridized carbons (Fsp3) is 0.364. The van der Waals surface area contributed by atoms with Crippen LogP contribution >= 0.6 is 0 Å². The van der Waals surface area contributed by atoms with Crippen LogP contribution in [0.5, 0.6) is 0 Å². The van der Waals surface area contributed by atoms with E-state index < -0.39 is 0 Å². The predicted molar refractivity (Wildman–Crippen MR) is 110 cm³/mol. The van der Waals surface area contributed by atoms with Gasteiger partial charge in [-0.1, -0.05) is 30.3 Å². The van der Waals surface area contributed by atoms with Gasteiger partial charge in [-0.25, -0.2) is 0 Å². The van der Waals surface area contributed by atoms with Gasteiger partial charge in [0.05, 0.1) is 13.0 Å². The quantitative estimate of drug-likeness (QED) is 0.820. The summed E-state index contributed by atoms with van der Waals surface area (Å²) in [4.78, 5) is 31.2. The molecule has 4 rings (SSSR count). The van der Waals surface area contributed by atoms with E-state index in [4.69, 9.17) is 5.73 Å². The Morgan fingerprint density at radius 2 is 1.57 bits per heavy atom. The van der Waals surface area contributed by atoms with Gasteiger partial charge in [-0.05, 0) is 35.7 Å². The standard InChI is InChI=1S/C22H26N4O2/c23-19-7-5-17(6-8-19)15-21(27)25-13-11-24(12-14-25)16-22(28)26-10-9-18-3-1-2-4-20(18)26/h1-8H,9-16,23H2. The first-order valence-electron chi connectivity index (χ1n) is 9.83. The molecular weight excluding hydrogens is 352 g/mol. The average molecular weight is 378 g/mol. The third-order valence-electron chi connectivity index (χ3n) is 5.61. The monoisotopic (exact) mass is 378 g/mol. The number of carbonyl (C=O) groups is 2. The van der Waals surface area contributed by atoms with E-state index in [1.165, 1.54) is 5.56 Å². The molecule has 2 heterocycles. The zero-order chi connectivity index (χ0) is 19.5. The SMILES string of the molecule is Nc1ccc(CC(=O)N2CCN(CC(=O)N3CCc4ccccc43)CC2)cc1. The van der Waals surface area contributed by atoms with Crippen LogP contribution in [0, 0.1) is 0 Å². The van der Waals surface area contributed by atoms with E-state index in [1.54, 1.807) is 0 Å². The fourth-order valence-corrected chi connectivity index (χ4v) is 3.95. The molecule has 0 aliphatic carbocycles.